The van der Waals surface area contributed by atoms with E-state index in [4.69, 9.17) is 10.5 Å². The summed E-state index contributed by atoms with van der Waals surface area (Å²) < 4.78 is 5.09. The van der Waals surface area contributed by atoms with E-state index in [0.29, 0.717) is 6.61 Å². The molecule has 1 heterocycles. The van der Waals surface area contributed by atoms with Crippen molar-refractivity contribution in [3.05, 3.63) is 15.6 Å². The Morgan fingerprint density at radius 2 is 2.29 bits per heavy atom. The average molecular weight is 214 g/mol. The van der Waals surface area contributed by atoms with Gasteiger partial charge in [0.25, 0.3) is 0 Å². The van der Waals surface area contributed by atoms with Gasteiger partial charge in [-0.3, -0.25) is 0 Å². The lowest BCUT2D eigenvalue weighted by atomic mass is 10.2. The number of ether oxygens (including phenoxy) is 1. The Labute approximate surface area is 89.3 Å². The van der Waals surface area contributed by atoms with Crippen LogP contribution in [0.3, 0.4) is 0 Å². The fraction of sp³-hybridized carbons (Fsp3) is 0.700. The highest BCUT2D eigenvalue weighted by atomic mass is 32.1. The summed E-state index contributed by atoms with van der Waals surface area (Å²) in [5.74, 6) is 0. The van der Waals surface area contributed by atoms with Crippen molar-refractivity contribution in [2.24, 2.45) is 5.73 Å². The third-order valence-electron chi connectivity index (χ3n) is 2.17. The Balaban J connectivity index is 2.65. The molecular formula is C10H18N2OS. The largest absolute Gasteiger partial charge is 0.379 e. The first kappa shape index (κ1) is 11.6. The number of rotatable bonds is 5. The van der Waals surface area contributed by atoms with Crippen LogP contribution in [0.5, 0.6) is 0 Å². The van der Waals surface area contributed by atoms with Gasteiger partial charge in [-0.05, 0) is 13.3 Å². The summed E-state index contributed by atoms with van der Waals surface area (Å²) in [4.78, 5) is 5.69. The molecule has 0 aliphatic heterocycles. The maximum absolute atomic E-state index is 5.87. The van der Waals surface area contributed by atoms with Crippen LogP contribution in [0.2, 0.25) is 0 Å². The van der Waals surface area contributed by atoms with E-state index in [2.05, 4.69) is 11.9 Å². The maximum atomic E-state index is 5.87. The highest BCUT2D eigenvalue weighted by molar-refractivity contribution is 7.11. The smallest absolute Gasteiger partial charge is 0.0947 e. The molecule has 0 aliphatic rings. The van der Waals surface area contributed by atoms with E-state index in [1.54, 1.807) is 18.4 Å². The van der Waals surface area contributed by atoms with E-state index < -0.39 is 0 Å². The van der Waals surface area contributed by atoms with Crippen molar-refractivity contribution < 1.29 is 4.74 Å². The number of aryl methyl sites for hydroxylation is 1. The normalized spacial score (nSPS) is 13.1. The highest BCUT2D eigenvalue weighted by Crippen LogP contribution is 2.20. The number of nitrogens with zero attached hydrogens (tertiary/aromatic N) is 1. The molecule has 4 heteroatoms. The van der Waals surface area contributed by atoms with Gasteiger partial charge in [0.15, 0.2) is 0 Å². The lowest BCUT2D eigenvalue weighted by Gasteiger charge is -2.04. The Hall–Kier alpha value is -0.450. The zero-order valence-electron chi connectivity index (χ0n) is 9.04. The fourth-order valence-corrected chi connectivity index (χ4v) is 2.34. The summed E-state index contributed by atoms with van der Waals surface area (Å²) in [6, 6.07) is 0.232. The monoisotopic (exact) mass is 214 g/mol. The van der Waals surface area contributed by atoms with Crippen LogP contribution in [-0.4, -0.2) is 18.1 Å². The molecular weight excluding hydrogens is 196 g/mol. The van der Waals surface area contributed by atoms with Gasteiger partial charge in [-0.1, -0.05) is 6.92 Å². The van der Waals surface area contributed by atoms with Crippen molar-refractivity contribution in [1.29, 1.82) is 0 Å². The molecule has 0 saturated heterocycles. The first-order valence-corrected chi connectivity index (χ1v) is 5.68. The van der Waals surface area contributed by atoms with E-state index >= 15 is 0 Å². The minimum atomic E-state index is 0.232. The van der Waals surface area contributed by atoms with Gasteiger partial charge in [0, 0.05) is 19.6 Å². The first-order valence-electron chi connectivity index (χ1n) is 4.87. The summed E-state index contributed by atoms with van der Waals surface area (Å²) in [5, 5.41) is 1.13. The van der Waals surface area contributed by atoms with Crippen LogP contribution in [0.25, 0.3) is 0 Å². The van der Waals surface area contributed by atoms with Gasteiger partial charge in [-0.25, -0.2) is 4.98 Å². The quantitative estimate of drug-likeness (QED) is 0.814. The van der Waals surface area contributed by atoms with Crippen LogP contribution in [-0.2, 0) is 17.8 Å². The lowest BCUT2D eigenvalue weighted by molar-refractivity contribution is 0.187. The van der Waals surface area contributed by atoms with Gasteiger partial charge in [0.1, 0.15) is 0 Å². The Morgan fingerprint density at radius 3 is 2.86 bits per heavy atom. The van der Waals surface area contributed by atoms with Crippen LogP contribution in [0.15, 0.2) is 0 Å². The SMILES string of the molecule is CCC(N)Cc1nc(C)c(COC)s1. The highest BCUT2D eigenvalue weighted by Gasteiger charge is 2.09. The van der Waals surface area contributed by atoms with Crippen molar-refractivity contribution in [1.82, 2.24) is 4.98 Å². The number of hydrogen-bond donors (Lipinski definition) is 1. The third-order valence-corrected chi connectivity index (χ3v) is 3.33. The van der Waals surface area contributed by atoms with E-state index in [1.165, 1.54) is 4.88 Å². The van der Waals surface area contributed by atoms with Gasteiger partial charge < -0.3 is 10.5 Å². The zero-order valence-corrected chi connectivity index (χ0v) is 9.86. The zero-order chi connectivity index (χ0) is 10.6. The Bertz CT molecular complexity index is 286. The standard InChI is InChI=1S/C10H18N2OS/c1-4-8(11)5-10-12-7(2)9(14-10)6-13-3/h8H,4-6,11H2,1-3H3. The molecule has 1 aromatic heterocycles. The van der Waals surface area contributed by atoms with Crippen molar-refractivity contribution in [3.63, 3.8) is 0 Å². The van der Waals surface area contributed by atoms with Crippen LogP contribution in [0.1, 0.15) is 28.9 Å². The minimum Gasteiger partial charge on any atom is -0.379 e. The number of aromatic nitrogens is 1. The molecule has 0 aliphatic carbocycles. The molecule has 0 radical (unpaired) electrons. The van der Waals surface area contributed by atoms with E-state index in [0.717, 1.165) is 23.5 Å². The topological polar surface area (TPSA) is 48.1 Å². The summed E-state index contributed by atoms with van der Waals surface area (Å²) in [7, 11) is 1.70. The second-order valence-electron chi connectivity index (χ2n) is 3.42. The van der Waals surface area contributed by atoms with Crippen LogP contribution >= 0.6 is 11.3 Å². The fourth-order valence-electron chi connectivity index (χ4n) is 1.21. The summed E-state index contributed by atoms with van der Waals surface area (Å²) >= 11 is 1.71. The van der Waals surface area contributed by atoms with Crippen molar-refractivity contribution in [3.8, 4) is 0 Å². The van der Waals surface area contributed by atoms with Gasteiger partial charge in [-0.15, -0.1) is 11.3 Å². The number of nitrogens with two attached hydrogens (primary N) is 1. The molecule has 0 fully saturated rings. The number of methoxy groups -OCH3 is 1. The molecule has 1 atom stereocenters. The van der Waals surface area contributed by atoms with Gasteiger partial charge >= 0.3 is 0 Å². The number of thiazole rings is 1. The summed E-state index contributed by atoms with van der Waals surface area (Å²) in [6.07, 6.45) is 1.88. The maximum Gasteiger partial charge on any atom is 0.0947 e. The Morgan fingerprint density at radius 1 is 1.57 bits per heavy atom. The van der Waals surface area contributed by atoms with E-state index in [9.17, 15) is 0 Å². The molecule has 0 aromatic carbocycles. The lowest BCUT2D eigenvalue weighted by Crippen LogP contribution is -2.21. The van der Waals surface area contributed by atoms with Gasteiger partial charge in [0.05, 0.1) is 22.2 Å². The van der Waals surface area contributed by atoms with Crippen molar-refractivity contribution in [2.45, 2.75) is 39.3 Å². The molecule has 0 saturated carbocycles. The average Bonchev–Trinajstić information content (AvgIpc) is 2.47. The Kier molecular flexibility index (Phi) is 4.51. The molecule has 3 nitrogen and oxygen atoms in total. The second kappa shape index (κ2) is 5.44. The van der Waals surface area contributed by atoms with Crippen LogP contribution in [0, 0.1) is 6.92 Å². The second-order valence-corrected chi connectivity index (χ2v) is 4.59. The predicted molar refractivity (Wildman–Crippen MR) is 59.5 cm³/mol. The molecule has 0 amide bonds. The van der Waals surface area contributed by atoms with Crippen molar-refractivity contribution >= 4 is 11.3 Å². The molecule has 80 valence electrons. The van der Waals surface area contributed by atoms with Crippen molar-refractivity contribution in [2.75, 3.05) is 7.11 Å². The first-order chi connectivity index (χ1) is 6.67. The van der Waals surface area contributed by atoms with E-state index in [1.807, 2.05) is 6.92 Å². The molecule has 1 unspecified atom stereocenters. The summed E-state index contributed by atoms with van der Waals surface area (Å²) in [5.41, 5.74) is 6.95. The predicted octanol–water partition coefficient (Wildman–Crippen LogP) is 1.88. The molecule has 1 aromatic rings. The molecule has 14 heavy (non-hydrogen) atoms. The van der Waals surface area contributed by atoms with E-state index in [-0.39, 0.29) is 6.04 Å². The number of hydrogen-bond acceptors (Lipinski definition) is 4. The minimum absolute atomic E-state index is 0.232. The molecule has 2 N–H and O–H groups in total. The summed E-state index contributed by atoms with van der Waals surface area (Å²) in [6.45, 7) is 4.78. The van der Waals surface area contributed by atoms with Gasteiger partial charge in [-0.2, -0.15) is 0 Å². The van der Waals surface area contributed by atoms with Crippen LogP contribution < -0.4 is 5.73 Å². The molecule has 1 rings (SSSR count). The van der Waals surface area contributed by atoms with Gasteiger partial charge in [0.2, 0.25) is 0 Å². The molecule has 0 spiro atoms. The van der Waals surface area contributed by atoms with Crippen LogP contribution in [0.4, 0.5) is 0 Å². The third kappa shape index (κ3) is 3.04. The molecule has 0 bridgehead atoms.